The van der Waals surface area contributed by atoms with Crippen LogP contribution in [0.3, 0.4) is 0 Å². The van der Waals surface area contributed by atoms with Crippen LogP contribution in [0.15, 0.2) is 23.1 Å². The molecule has 1 atom stereocenters. The van der Waals surface area contributed by atoms with Gasteiger partial charge in [-0.05, 0) is 6.07 Å². The Hall–Kier alpha value is -2.15. The van der Waals surface area contributed by atoms with Crippen molar-refractivity contribution in [1.82, 2.24) is 10.3 Å². The number of carboxylic acid groups (broad SMARTS) is 1. The number of aliphatic hydroxyl groups excluding tert-OH is 1. The molecule has 0 aromatic carbocycles. The van der Waals surface area contributed by atoms with Gasteiger partial charge in [-0.2, -0.15) is 0 Å². The van der Waals surface area contributed by atoms with Crippen LogP contribution in [-0.2, 0) is 4.79 Å². The van der Waals surface area contributed by atoms with E-state index < -0.39 is 23.5 Å². The van der Waals surface area contributed by atoms with Crippen molar-refractivity contribution >= 4 is 11.9 Å². The van der Waals surface area contributed by atoms with Gasteiger partial charge in [-0.15, -0.1) is 0 Å². The number of nitrogens with one attached hydrogen (secondary N) is 2. The lowest BCUT2D eigenvalue weighted by Gasteiger charge is -2.06. The van der Waals surface area contributed by atoms with Gasteiger partial charge in [0.05, 0.1) is 0 Å². The summed E-state index contributed by atoms with van der Waals surface area (Å²) in [6.45, 7) is 0.0130. The van der Waals surface area contributed by atoms with E-state index in [0.717, 1.165) is 6.07 Å². The summed E-state index contributed by atoms with van der Waals surface area (Å²) in [5.41, 5.74) is -0.221. The third kappa shape index (κ3) is 4.07. The van der Waals surface area contributed by atoms with Crippen molar-refractivity contribution in [3.63, 3.8) is 0 Å². The van der Waals surface area contributed by atoms with E-state index in [0.29, 0.717) is 0 Å². The zero-order valence-electron chi connectivity index (χ0n) is 8.84. The van der Waals surface area contributed by atoms with Gasteiger partial charge in [0, 0.05) is 30.8 Å². The molecule has 1 unspecified atom stereocenters. The Bertz CT molecular complexity index is 468. The number of hydrogen-bond acceptors (Lipinski definition) is 4. The van der Waals surface area contributed by atoms with Crippen molar-refractivity contribution < 1.29 is 19.8 Å². The number of aliphatic hydroxyl groups is 1. The number of aromatic nitrogens is 1. The Labute approximate surface area is 96.1 Å². The van der Waals surface area contributed by atoms with E-state index in [9.17, 15) is 14.4 Å². The number of carboxylic acids is 1. The predicted octanol–water partition coefficient (Wildman–Crippen LogP) is -1.06. The van der Waals surface area contributed by atoms with Crippen LogP contribution >= 0.6 is 0 Å². The smallest absolute Gasteiger partial charge is 0.332 e. The Kier molecular flexibility index (Phi) is 4.41. The molecule has 0 radical (unpaired) electrons. The number of carbonyl (C=O) groups is 2. The largest absolute Gasteiger partial charge is 0.479 e. The number of carbonyl (C=O) groups excluding carboxylic acids is 1. The molecule has 1 aromatic rings. The highest BCUT2D eigenvalue weighted by molar-refractivity contribution is 5.93. The van der Waals surface area contributed by atoms with E-state index in [4.69, 9.17) is 10.2 Å². The van der Waals surface area contributed by atoms with Gasteiger partial charge in [0.25, 0.3) is 5.91 Å². The number of amides is 1. The summed E-state index contributed by atoms with van der Waals surface area (Å²) in [7, 11) is 0. The van der Waals surface area contributed by atoms with Gasteiger partial charge in [0.15, 0.2) is 6.10 Å². The molecule has 0 bridgehead atoms. The Morgan fingerprint density at radius 1 is 1.47 bits per heavy atom. The Morgan fingerprint density at radius 2 is 2.18 bits per heavy atom. The summed E-state index contributed by atoms with van der Waals surface area (Å²) in [5.74, 6) is -1.83. The maximum atomic E-state index is 11.5. The van der Waals surface area contributed by atoms with Crippen LogP contribution in [0.25, 0.3) is 0 Å². The lowest BCUT2D eigenvalue weighted by atomic mass is 10.2. The van der Waals surface area contributed by atoms with Gasteiger partial charge >= 0.3 is 5.97 Å². The van der Waals surface area contributed by atoms with Gasteiger partial charge < -0.3 is 20.5 Å². The number of rotatable bonds is 5. The minimum atomic E-state index is -1.51. The average Bonchev–Trinajstić information content (AvgIpc) is 2.28. The SMILES string of the molecule is O=C(NCCC(O)C(=O)O)c1cc[nH]c(=O)c1. The summed E-state index contributed by atoms with van der Waals surface area (Å²) in [6, 6.07) is 2.55. The summed E-state index contributed by atoms with van der Waals surface area (Å²) in [6.07, 6.45) is -0.261. The maximum absolute atomic E-state index is 11.5. The fraction of sp³-hybridized carbons (Fsp3) is 0.300. The molecule has 0 aliphatic rings. The first-order valence-corrected chi connectivity index (χ1v) is 4.88. The van der Waals surface area contributed by atoms with Crippen LogP contribution in [0, 0.1) is 0 Å². The molecule has 0 aliphatic heterocycles. The number of aliphatic carboxylic acids is 1. The molecule has 0 saturated heterocycles. The first-order chi connectivity index (χ1) is 8.00. The molecule has 0 saturated carbocycles. The molecule has 1 rings (SSSR count). The van der Waals surface area contributed by atoms with E-state index in [1.54, 1.807) is 0 Å². The van der Waals surface area contributed by atoms with Crippen molar-refractivity contribution in [3.8, 4) is 0 Å². The number of aromatic amines is 1. The average molecular weight is 240 g/mol. The van der Waals surface area contributed by atoms with E-state index >= 15 is 0 Å². The Balaban J connectivity index is 2.46. The van der Waals surface area contributed by atoms with Gasteiger partial charge in [-0.3, -0.25) is 9.59 Å². The van der Waals surface area contributed by atoms with Crippen LogP contribution in [0.1, 0.15) is 16.8 Å². The molecule has 92 valence electrons. The molecule has 0 fully saturated rings. The molecule has 1 aromatic heterocycles. The number of H-pyrrole nitrogens is 1. The van der Waals surface area contributed by atoms with Crippen LogP contribution in [0.5, 0.6) is 0 Å². The molecule has 1 amide bonds. The normalized spacial score (nSPS) is 11.8. The highest BCUT2D eigenvalue weighted by Gasteiger charge is 2.13. The zero-order valence-corrected chi connectivity index (χ0v) is 8.84. The van der Waals surface area contributed by atoms with E-state index in [2.05, 4.69) is 10.3 Å². The lowest BCUT2D eigenvalue weighted by molar-refractivity contribution is -0.146. The van der Waals surface area contributed by atoms with Crippen LogP contribution in [0.2, 0.25) is 0 Å². The van der Waals surface area contributed by atoms with Crippen molar-refractivity contribution in [3.05, 3.63) is 34.2 Å². The van der Waals surface area contributed by atoms with Crippen molar-refractivity contribution in [1.29, 1.82) is 0 Å². The lowest BCUT2D eigenvalue weighted by Crippen LogP contribution is -2.30. The van der Waals surface area contributed by atoms with Gasteiger partial charge in [0.1, 0.15) is 0 Å². The van der Waals surface area contributed by atoms with E-state index in [1.807, 2.05) is 0 Å². The third-order valence-corrected chi connectivity index (χ3v) is 2.03. The fourth-order valence-corrected chi connectivity index (χ4v) is 1.13. The van der Waals surface area contributed by atoms with Crippen molar-refractivity contribution in [2.24, 2.45) is 0 Å². The second kappa shape index (κ2) is 5.80. The molecule has 0 aliphatic carbocycles. The van der Waals surface area contributed by atoms with Crippen LogP contribution < -0.4 is 10.9 Å². The maximum Gasteiger partial charge on any atom is 0.332 e. The molecular formula is C10H12N2O5. The molecular weight excluding hydrogens is 228 g/mol. The number of hydrogen-bond donors (Lipinski definition) is 4. The monoisotopic (exact) mass is 240 g/mol. The summed E-state index contributed by atoms with van der Waals surface area (Å²) in [5, 5.41) is 19.7. The quantitative estimate of drug-likeness (QED) is 0.523. The van der Waals surface area contributed by atoms with Gasteiger partial charge in [-0.1, -0.05) is 0 Å². The second-order valence-corrected chi connectivity index (χ2v) is 3.34. The topological polar surface area (TPSA) is 119 Å². The molecule has 1 heterocycles. The Morgan fingerprint density at radius 3 is 2.76 bits per heavy atom. The standard InChI is InChI=1S/C10H12N2O5/c13-7(10(16)17)2-4-12-9(15)6-1-3-11-8(14)5-6/h1,3,5,7,13H,2,4H2,(H,11,14)(H,12,15)(H,16,17). The summed E-state index contributed by atoms with van der Waals surface area (Å²) >= 11 is 0. The molecule has 0 spiro atoms. The van der Waals surface area contributed by atoms with Crippen molar-refractivity contribution in [2.45, 2.75) is 12.5 Å². The fourth-order valence-electron chi connectivity index (χ4n) is 1.13. The zero-order chi connectivity index (χ0) is 12.8. The minimum Gasteiger partial charge on any atom is -0.479 e. The van der Waals surface area contributed by atoms with Crippen LogP contribution in [0.4, 0.5) is 0 Å². The first kappa shape index (κ1) is 12.9. The second-order valence-electron chi connectivity index (χ2n) is 3.34. The van der Waals surface area contributed by atoms with E-state index in [1.165, 1.54) is 12.3 Å². The molecule has 7 heteroatoms. The molecule has 7 nitrogen and oxygen atoms in total. The van der Waals surface area contributed by atoms with Gasteiger partial charge in [-0.25, -0.2) is 4.79 Å². The highest BCUT2D eigenvalue weighted by atomic mass is 16.4. The van der Waals surface area contributed by atoms with Crippen molar-refractivity contribution in [2.75, 3.05) is 6.54 Å². The summed E-state index contributed by atoms with van der Waals surface area (Å²) in [4.78, 5) is 35.0. The van der Waals surface area contributed by atoms with Crippen LogP contribution in [-0.4, -0.2) is 39.7 Å². The minimum absolute atomic E-state index is 0.0130. The first-order valence-electron chi connectivity index (χ1n) is 4.88. The molecule has 4 N–H and O–H groups in total. The van der Waals surface area contributed by atoms with Gasteiger partial charge in [0.2, 0.25) is 5.56 Å². The highest BCUT2D eigenvalue weighted by Crippen LogP contribution is 1.94. The summed E-state index contributed by atoms with van der Waals surface area (Å²) < 4.78 is 0. The predicted molar refractivity (Wildman–Crippen MR) is 57.7 cm³/mol. The number of pyridine rings is 1. The third-order valence-electron chi connectivity index (χ3n) is 2.03. The molecule has 17 heavy (non-hydrogen) atoms. The van der Waals surface area contributed by atoms with E-state index in [-0.39, 0.29) is 18.5 Å².